The highest BCUT2D eigenvalue weighted by Gasteiger charge is 2.40. The number of aromatic nitrogens is 2. The van der Waals surface area contributed by atoms with Crippen LogP contribution >= 0.6 is 15.9 Å². The largest absolute Gasteiger partial charge is 0.453 e. The van der Waals surface area contributed by atoms with Crippen molar-refractivity contribution >= 4 is 39.0 Å². The second kappa shape index (κ2) is 10.2. The van der Waals surface area contributed by atoms with E-state index in [4.69, 9.17) is 4.74 Å². The maximum atomic E-state index is 13.4. The summed E-state index contributed by atoms with van der Waals surface area (Å²) >= 11 is 3.52. The number of methoxy groups -OCH3 is 1. The van der Waals surface area contributed by atoms with Gasteiger partial charge in [0, 0.05) is 54.7 Å². The third-order valence-corrected chi connectivity index (χ3v) is 6.44. The number of amides is 2. The van der Waals surface area contributed by atoms with Crippen molar-refractivity contribution in [3.8, 4) is 0 Å². The third kappa shape index (κ3) is 5.07. The maximum absolute atomic E-state index is 13.4. The first-order valence-corrected chi connectivity index (χ1v) is 11.9. The van der Waals surface area contributed by atoms with Crippen LogP contribution in [0.25, 0.3) is 11.0 Å². The molecule has 2 amide bonds. The van der Waals surface area contributed by atoms with Crippen molar-refractivity contribution in [3.05, 3.63) is 28.5 Å². The van der Waals surface area contributed by atoms with Gasteiger partial charge in [-0.2, -0.15) is 0 Å². The Morgan fingerprint density at radius 1 is 1.47 bits per heavy atom. The number of pyridine rings is 1. The van der Waals surface area contributed by atoms with Crippen LogP contribution in [0, 0.1) is 0 Å². The van der Waals surface area contributed by atoms with E-state index >= 15 is 0 Å². The van der Waals surface area contributed by atoms with Gasteiger partial charge < -0.3 is 29.6 Å². The number of halogens is 1. The quantitative estimate of drug-likeness (QED) is 0.533. The van der Waals surface area contributed by atoms with Gasteiger partial charge in [0.2, 0.25) is 0 Å². The van der Waals surface area contributed by atoms with Crippen LogP contribution in [-0.2, 0) is 20.8 Å². The minimum atomic E-state index is -0.438. The number of aryl methyl sites for hydroxylation is 1. The molecule has 0 radical (unpaired) electrons. The van der Waals surface area contributed by atoms with Crippen LogP contribution in [0.2, 0.25) is 0 Å². The molecule has 1 saturated heterocycles. The second-order valence-corrected chi connectivity index (χ2v) is 9.20. The van der Waals surface area contributed by atoms with E-state index in [1.807, 2.05) is 11.0 Å². The number of hydrogen-bond donors (Lipinski definition) is 2. The van der Waals surface area contributed by atoms with Crippen LogP contribution in [0.4, 0.5) is 4.79 Å². The fourth-order valence-electron chi connectivity index (χ4n) is 4.25. The van der Waals surface area contributed by atoms with Gasteiger partial charge in [0.05, 0.1) is 30.8 Å². The van der Waals surface area contributed by atoms with E-state index in [2.05, 4.69) is 54.0 Å². The Kier molecular flexibility index (Phi) is 7.32. The van der Waals surface area contributed by atoms with Crippen molar-refractivity contribution in [2.24, 2.45) is 0 Å². The number of carbonyl (C=O) groups is 2. The fraction of sp³-hybridized carbons (Fsp3) is 0.591. The van der Waals surface area contributed by atoms with Crippen molar-refractivity contribution in [1.82, 2.24) is 25.1 Å². The lowest BCUT2D eigenvalue weighted by Gasteiger charge is -2.34. The molecule has 32 heavy (non-hydrogen) atoms. The molecule has 0 unspecified atom stereocenters. The number of nitrogens with one attached hydrogen (secondary N) is 2. The van der Waals surface area contributed by atoms with E-state index in [-0.39, 0.29) is 18.0 Å². The monoisotopic (exact) mass is 507 g/mol. The SMILES string of the molecule is COC(=O)NCCCn1cc([C@@H](C)N(C(=O)[C@H]2CNCCO2)C2CC2)c2ncc(Br)cc21. The number of rotatable bonds is 8. The molecule has 0 bridgehead atoms. The molecule has 2 atom stereocenters. The molecule has 2 aromatic rings. The first-order chi connectivity index (χ1) is 15.5. The molecule has 1 aliphatic carbocycles. The summed E-state index contributed by atoms with van der Waals surface area (Å²) < 4.78 is 13.4. The summed E-state index contributed by atoms with van der Waals surface area (Å²) in [5, 5.41) is 5.97. The van der Waals surface area contributed by atoms with Crippen molar-refractivity contribution in [1.29, 1.82) is 0 Å². The summed E-state index contributed by atoms with van der Waals surface area (Å²) in [6.45, 7) is 5.18. The average molecular weight is 508 g/mol. The molecular formula is C22H30BrN5O4. The topological polar surface area (TPSA) is 97.7 Å². The van der Waals surface area contributed by atoms with Crippen LogP contribution in [0.3, 0.4) is 0 Å². The van der Waals surface area contributed by atoms with Gasteiger partial charge in [-0.3, -0.25) is 9.78 Å². The molecule has 0 aromatic carbocycles. The molecule has 3 heterocycles. The van der Waals surface area contributed by atoms with Crippen molar-refractivity contribution in [2.75, 3.05) is 33.4 Å². The fourth-order valence-corrected chi connectivity index (χ4v) is 4.57. The Balaban J connectivity index is 1.57. The van der Waals surface area contributed by atoms with E-state index in [1.165, 1.54) is 7.11 Å². The van der Waals surface area contributed by atoms with Crippen LogP contribution in [0.5, 0.6) is 0 Å². The number of ether oxygens (including phenoxy) is 2. The standard InChI is InChI=1S/C22H30BrN5O4/c1-14(28(16-4-5-16)21(29)19-12-24-7-9-32-19)17-13-27(8-3-6-25-22(30)31-2)18-10-15(23)11-26-20(17)18/h10-11,13-14,16,19,24H,3-9,12H2,1-2H3,(H,25,30)/t14-,19-/m1/s1. The molecular weight excluding hydrogens is 478 g/mol. The Morgan fingerprint density at radius 3 is 2.97 bits per heavy atom. The van der Waals surface area contributed by atoms with Gasteiger partial charge in [-0.25, -0.2) is 4.79 Å². The summed E-state index contributed by atoms with van der Waals surface area (Å²) in [4.78, 5) is 31.4. The lowest BCUT2D eigenvalue weighted by atomic mass is 10.1. The predicted octanol–water partition coefficient (Wildman–Crippen LogP) is 2.59. The van der Waals surface area contributed by atoms with Crippen LogP contribution in [0.15, 0.2) is 22.9 Å². The summed E-state index contributed by atoms with van der Waals surface area (Å²) in [5.41, 5.74) is 2.92. The molecule has 4 rings (SSSR count). The molecule has 2 N–H and O–H groups in total. The zero-order valence-corrected chi connectivity index (χ0v) is 20.1. The van der Waals surface area contributed by atoms with E-state index < -0.39 is 12.2 Å². The molecule has 2 aliphatic rings. The number of carbonyl (C=O) groups excluding carboxylic acids is 2. The zero-order chi connectivity index (χ0) is 22.7. The van der Waals surface area contributed by atoms with Gasteiger partial charge in [-0.15, -0.1) is 0 Å². The van der Waals surface area contributed by atoms with Gasteiger partial charge in [-0.1, -0.05) is 0 Å². The van der Waals surface area contributed by atoms with E-state index in [1.54, 1.807) is 6.20 Å². The molecule has 2 aromatic heterocycles. The summed E-state index contributed by atoms with van der Waals surface area (Å²) in [6, 6.07) is 2.18. The third-order valence-electron chi connectivity index (χ3n) is 6.01. The Bertz CT molecular complexity index is 971. The smallest absolute Gasteiger partial charge is 0.406 e. The van der Waals surface area contributed by atoms with Gasteiger partial charge in [0.15, 0.2) is 0 Å². The lowest BCUT2D eigenvalue weighted by molar-refractivity contribution is -0.148. The first kappa shape index (κ1) is 23.0. The normalized spacial score (nSPS) is 19.5. The Morgan fingerprint density at radius 2 is 2.28 bits per heavy atom. The van der Waals surface area contributed by atoms with Crippen LogP contribution < -0.4 is 10.6 Å². The first-order valence-electron chi connectivity index (χ1n) is 11.1. The summed E-state index contributed by atoms with van der Waals surface area (Å²) in [5.74, 6) is 0.0486. The number of nitrogens with zero attached hydrogens (tertiary/aromatic N) is 3. The highest BCUT2D eigenvalue weighted by molar-refractivity contribution is 9.10. The lowest BCUT2D eigenvalue weighted by Crippen LogP contribution is -2.50. The van der Waals surface area contributed by atoms with Gasteiger partial charge in [0.25, 0.3) is 5.91 Å². The number of fused-ring (bicyclic) bond motifs is 1. The maximum Gasteiger partial charge on any atom is 0.406 e. The minimum absolute atomic E-state index is 0.0486. The molecule has 1 saturated carbocycles. The molecule has 1 aliphatic heterocycles. The van der Waals surface area contributed by atoms with Crippen LogP contribution in [-0.4, -0.2) is 71.9 Å². The highest BCUT2D eigenvalue weighted by Crippen LogP contribution is 2.38. The van der Waals surface area contributed by atoms with Crippen molar-refractivity contribution in [2.45, 2.75) is 50.9 Å². The van der Waals surface area contributed by atoms with Crippen molar-refractivity contribution < 1.29 is 19.1 Å². The average Bonchev–Trinajstić information content (AvgIpc) is 3.58. The van der Waals surface area contributed by atoms with Crippen molar-refractivity contribution in [3.63, 3.8) is 0 Å². The number of hydrogen-bond acceptors (Lipinski definition) is 6. The highest BCUT2D eigenvalue weighted by atomic mass is 79.9. The van der Waals surface area contributed by atoms with E-state index in [0.29, 0.717) is 26.2 Å². The summed E-state index contributed by atoms with van der Waals surface area (Å²) in [7, 11) is 1.35. The van der Waals surface area contributed by atoms with E-state index in [9.17, 15) is 9.59 Å². The Hall–Kier alpha value is -2.17. The molecule has 2 fully saturated rings. The molecule has 10 heteroatoms. The minimum Gasteiger partial charge on any atom is -0.453 e. The van der Waals surface area contributed by atoms with Gasteiger partial charge >= 0.3 is 6.09 Å². The molecule has 174 valence electrons. The predicted molar refractivity (Wildman–Crippen MR) is 123 cm³/mol. The Labute approximate surface area is 195 Å². The zero-order valence-electron chi connectivity index (χ0n) is 18.5. The second-order valence-electron chi connectivity index (χ2n) is 8.29. The summed E-state index contributed by atoms with van der Waals surface area (Å²) in [6.07, 6.45) is 5.80. The van der Waals surface area contributed by atoms with Gasteiger partial charge in [-0.05, 0) is 48.2 Å². The molecule has 0 spiro atoms. The number of morpholine rings is 1. The van der Waals surface area contributed by atoms with Gasteiger partial charge in [0.1, 0.15) is 6.10 Å². The number of alkyl carbamates (subject to hydrolysis) is 1. The van der Waals surface area contributed by atoms with Crippen LogP contribution in [0.1, 0.15) is 37.8 Å². The molecule has 9 nitrogen and oxygen atoms in total. The van der Waals surface area contributed by atoms with E-state index in [0.717, 1.165) is 46.9 Å².